The molecular formula is C30H30FN3O7S. The average molecular weight is 596 g/mol. The SMILES string of the molecule is CNC(=O)c1c(-c2ccc(F)cc2)oc2cc3c(cc12)[C@H](C)O[C@H](COC(=O)[C@@H](N)c1ccccc1)CN3S(C)(=O)=O. The molecule has 0 saturated heterocycles. The Morgan fingerprint density at radius 2 is 1.83 bits per heavy atom. The molecule has 0 saturated carbocycles. The highest BCUT2D eigenvalue weighted by molar-refractivity contribution is 7.92. The Bertz CT molecular complexity index is 1740. The summed E-state index contributed by atoms with van der Waals surface area (Å²) in [4.78, 5) is 25.7. The highest BCUT2D eigenvalue weighted by Crippen LogP contribution is 2.42. The van der Waals surface area contributed by atoms with Gasteiger partial charge in [-0.3, -0.25) is 9.10 Å². The largest absolute Gasteiger partial charge is 0.461 e. The monoisotopic (exact) mass is 595 g/mol. The van der Waals surface area contributed by atoms with Crippen molar-refractivity contribution in [3.05, 3.63) is 89.2 Å². The van der Waals surface area contributed by atoms with Gasteiger partial charge in [0, 0.05) is 29.6 Å². The Balaban J connectivity index is 1.51. The number of benzene rings is 3. The van der Waals surface area contributed by atoms with Crippen molar-refractivity contribution in [3.63, 3.8) is 0 Å². The Morgan fingerprint density at radius 1 is 1.14 bits per heavy atom. The van der Waals surface area contributed by atoms with Crippen LogP contribution in [0.4, 0.5) is 10.1 Å². The number of nitrogens with one attached hydrogen (secondary N) is 1. The molecule has 1 aliphatic rings. The number of ether oxygens (including phenoxy) is 2. The maximum atomic E-state index is 13.6. The van der Waals surface area contributed by atoms with Crippen LogP contribution in [0.3, 0.4) is 0 Å². The number of sulfonamides is 1. The van der Waals surface area contributed by atoms with Crippen LogP contribution in [0.1, 0.15) is 40.6 Å². The Labute approximate surface area is 242 Å². The molecule has 10 nitrogen and oxygen atoms in total. The summed E-state index contributed by atoms with van der Waals surface area (Å²) in [5.74, 6) is -1.34. The van der Waals surface area contributed by atoms with E-state index in [-0.39, 0.29) is 30.1 Å². The first-order valence-electron chi connectivity index (χ1n) is 13.2. The van der Waals surface area contributed by atoms with Crippen LogP contribution in [-0.2, 0) is 24.3 Å². The van der Waals surface area contributed by atoms with Crippen molar-refractivity contribution in [3.8, 4) is 11.3 Å². The van der Waals surface area contributed by atoms with Crippen molar-refractivity contribution < 1.29 is 36.3 Å². The first-order valence-corrected chi connectivity index (χ1v) is 15.0. The van der Waals surface area contributed by atoms with Gasteiger partial charge in [0.05, 0.1) is 30.2 Å². The van der Waals surface area contributed by atoms with Crippen LogP contribution in [0.5, 0.6) is 0 Å². The number of halogens is 1. The first-order chi connectivity index (χ1) is 20.0. The van der Waals surface area contributed by atoms with Crippen molar-refractivity contribution >= 4 is 38.6 Å². The number of nitrogens with two attached hydrogens (primary N) is 1. The van der Waals surface area contributed by atoms with Crippen LogP contribution >= 0.6 is 0 Å². The molecule has 1 amide bonds. The second kappa shape index (κ2) is 11.6. The maximum Gasteiger partial charge on any atom is 0.327 e. The fraction of sp³-hybridized carbons (Fsp3) is 0.267. The van der Waals surface area contributed by atoms with E-state index in [1.165, 1.54) is 35.6 Å². The van der Waals surface area contributed by atoms with E-state index in [2.05, 4.69) is 5.32 Å². The van der Waals surface area contributed by atoms with E-state index in [0.29, 0.717) is 27.8 Å². The van der Waals surface area contributed by atoms with Crippen LogP contribution in [0.25, 0.3) is 22.3 Å². The lowest BCUT2D eigenvalue weighted by Gasteiger charge is -2.25. The molecule has 0 spiro atoms. The second-order valence-corrected chi connectivity index (χ2v) is 11.9. The van der Waals surface area contributed by atoms with E-state index in [0.717, 1.165) is 6.26 Å². The number of nitrogens with zero attached hydrogens (tertiary/aromatic N) is 1. The number of furan rings is 1. The van der Waals surface area contributed by atoms with Gasteiger partial charge in [0.15, 0.2) is 0 Å². The number of anilines is 1. The lowest BCUT2D eigenvalue weighted by molar-refractivity contribution is -0.150. The molecule has 4 aromatic rings. The van der Waals surface area contributed by atoms with E-state index in [1.54, 1.807) is 49.4 Å². The normalized spacial score (nSPS) is 17.8. The van der Waals surface area contributed by atoms with E-state index < -0.39 is 46.0 Å². The smallest absolute Gasteiger partial charge is 0.327 e. The summed E-state index contributed by atoms with van der Waals surface area (Å²) in [6.07, 6.45) is -0.425. The van der Waals surface area contributed by atoms with Crippen molar-refractivity contribution in [2.45, 2.75) is 25.2 Å². The summed E-state index contributed by atoms with van der Waals surface area (Å²) in [7, 11) is -2.36. The molecule has 0 bridgehead atoms. The Kier molecular flexibility index (Phi) is 8.04. The highest BCUT2D eigenvalue weighted by atomic mass is 32.2. The summed E-state index contributed by atoms with van der Waals surface area (Å²) in [5, 5.41) is 3.03. The standard InChI is InChI=1S/C30H30FN3O7S/c1-17-22-13-23-25(41-28(26(23)29(35)33-2)19-9-11-20(31)12-10-19)14-24(22)34(42(3,37)38)15-21(40-17)16-39-30(36)27(32)18-7-5-4-6-8-18/h4-14,17,21,27H,15-16,32H2,1-3H3,(H,33,35)/t17-,21-,27-/m0/s1. The topological polar surface area (TPSA) is 141 Å². The molecule has 3 atom stereocenters. The predicted molar refractivity (Wildman–Crippen MR) is 155 cm³/mol. The molecule has 1 aliphatic heterocycles. The van der Waals surface area contributed by atoms with Gasteiger partial charge in [-0.15, -0.1) is 0 Å². The van der Waals surface area contributed by atoms with Gasteiger partial charge < -0.3 is 24.9 Å². The van der Waals surface area contributed by atoms with Crippen LogP contribution in [-0.4, -0.2) is 52.9 Å². The zero-order valence-corrected chi connectivity index (χ0v) is 24.0. The Morgan fingerprint density at radius 3 is 2.48 bits per heavy atom. The molecule has 3 aromatic carbocycles. The number of hydrogen-bond acceptors (Lipinski definition) is 8. The van der Waals surface area contributed by atoms with Gasteiger partial charge >= 0.3 is 5.97 Å². The predicted octanol–water partition coefficient (Wildman–Crippen LogP) is 4.07. The zero-order valence-electron chi connectivity index (χ0n) is 23.2. The summed E-state index contributed by atoms with van der Waals surface area (Å²) < 4.78 is 58.5. The second-order valence-electron chi connectivity index (χ2n) is 10.0. The zero-order chi connectivity index (χ0) is 30.2. The van der Waals surface area contributed by atoms with Crippen molar-refractivity contribution in [2.24, 2.45) is 5.73 Å². The molecule has 42 heavy (non-hydrogen) atoms. The lowest BCUT2D eigenvalue weighted by Crippen LogP contribution is -2.39. The molecule has 3 N–H and O–H groups in total. The number of carbonyl (C=O) groups is 2. The van der Waals surface area contributed by atoms with E-state index in [4.69, 9.17) is 19.6 Å². The molecule has 0 fully saturated rings. The molecule has 12 heteroatoms. The van der Waals surface area contributed by atoms with E-state index >= 15 is 0 Å². The molecule has 0 aliphatic carbocycles. The van der Waals surface area contributed by atoms with Gasteiger partial charge in [-0.25, -0.2) is 17.6 Å². The number of esters is 1. The molecule has 2 heterocycles. The molecule has 0 unspecified atom stereocenters. The van der Waals surface area contributed by atoms with Gasteiger partial charge in [-0.05, 0) is 42.8 Å². The van der Waals surface area contributed by atoms with Crippen molar-refractivity contribution in [1.82, 2.24) is 5.32 Å². The maximum absolute atomic E-state index is 13.6. The third-order valence-corrected chi connectivity index (χ3v) is 8.24. The fourth-order valence-corrected chi connectivity index (χ4v) is 5.95. The van der Waals surface area contributed by atoms with Crippen LogP contribution in [0.15, 0.2) is 71.1 Å². The number of hydrogen-bond donors (Lipinski definition) is 2. The molecule has 0 radical (unpaired) electrons. The quantitative estimate of drug-likeness (QED) is 0.305. The molecule has 1 aromatic heterocycles. The molecular weight excluding hydrogens is 565 g/mol. The van der Waals surface area contributed by atoms with Crippen molar-refractivity contribution in [2.75, 3.05) is 30.8 Å². The minimum atomic E-state index is -3.84. The summed E-state index contributed by atoms with van der Waals surface area (Å²) in [6.45, 7) is 1.35. The first kappa shape index (κ1) is 29.2. The van der Waals surface area contributed by atoms with E-state index in [9.17, 15) is 22.4 Å². The van der Waals surface area contributed by atoms with Crippen LogP contribution < -0.4 is 15.4 Å². The molecule has 5 rings (SSSR count). The average Bonchev–Trinajstić information content (AvgIpc) is 3.28. The third-order valence-electron chi connectivity index (χ3n) is 7.09. The van der Waals surface area contributed by atoms with Gasteiger partial charge in [0.2, 0.25) is 10.0 Å². The lowest BCUT2D eigenvalue weighted by atomic mass is 10.0. The number of amides is 1. The van der Waals surface area contributed by atoms with Crippen LogP contribution in [0.2, 0.25) is 0 Å². The minimum absolute atomic E-state index is 0.149. The van der Waals surface area contributed by atoms with Gasteiger partial charge in [-0.2, -0.15) is 0 Å². The van der Waals surface area contributed by atoms with Gasteiger partial charge in [0.25, 0.3) is 5.91 Å². The Hall–Kier alpha value is -4.26. The minimum Gasteiger partial charge on any atom is -0.461 e. The van der Waals surface area contributed by atoms with Crippen molar-refractivity contribution in [1.29, 1.82) is 0 Å². The van der Waals surface area contributed by atoms with Crippen LogP contribution in [0, 0.1) is 5.82 Å². The number of rotatable bonds is 7. The summed E-state index contributed by atoms with van der Waals surface area (Å²) >= 11 is 0. The summed E-state index contributed by atoms with van der Waals surface area (Å²) in [5.41, 5.74) is 8.36. The van der Waals surface area contributed by atoms with Gasteiger partial charge in [-0.1, -0.05) is 30.3 Å². The summed E-state index contributed by atoms with van der Waals surface area (Å²) in [6, 6.07) is 16.4. The highest BCUT2D eigenvalue weighted by Gasteiger charge is 2.34. The van der Waals surface area contributed by atoms with Gasteiger partial charge in [0.1, 0.15) is 35.9 Å². The number of carbonyl (C=O) groups excluding carboxylic acids is 2. The molecule has 220 valence electrons. The van der Waals surface area contributed by atoms with E-state index in [1.807, 2.05) is 0 Å². The third kappa shape index (κ3) is 5.73. The number of fused-ring (bicyclic) bond motifs is 2. The fourth-order valence-electron chi connectivity index (χ4n) is 5.00.